The van der Waals surface area contributed by atoms with Crippen molar-refractivity contribution in [1.82, 2.24) is 0 Å². The van der Waals surface area contributed by atoms with Gasteiger partial charge < -0.3 is 54.3 Å². The van der Waals surface area contributed by atoms with Gasteiger partial charge in [-0.25, -0.2) is 0 Å². The Morgan fingerprint density at radius 3 is 1.03 bits per heavy atom. The Kier molecular flexibility index (Phi) is 41.0. The van der Waals surface area contributed by atoms with Crippen LogP contribution in [-0.2, 0) is 23.7 Å². The minimum absolute atomic E-state index is 0.0417. The zero-order valence-electron chi connectivity index (χ0n) is 18.3. The lowest BCUT2D eigenvalue weighted by Gasteiger charge is -2.05. The molecule has 0 aromatic heterocycles. The lowest BCUT2D eigenvalue weighted by Crippen LogP contribution is -2.15. The molecule has 0 radical (unpaired) electrons. The largest absolute Gasteiger partial charge is 0.394 e. The van der Waals surface area contributed by atoms with E-state index in [0.717, 1.165) is 19.4 Å². The molecule has 0 heterocycles. The van der Waals surface area contributed by atoms with Gasteiger partial charge in [-0.1, -0.05) is 13.3 Å². The summed E-state index contributed by atoms with van der Waals surface area (Å²) >= 11 is 0. The summed E-state index contributed by atoms with van der Waals surface area (Å²) in [6.07, 6.45) is 1.32. The van der Waals surface area contributed by atoms with Crippen LogP contribution in [0, 0.1) is 0 Å². The number of unbranched alkanes of at least 4 members (excludes halogenated alkanes) is 1. The van der Waals surface area contributed by atoms with E-state index >= 15 is 0 Å². The quantitative estimate of drug-likeness (QED) is 0.116. The molecule has 186 valence electrons. The second kappa shape index (κ2) is 36.0. The van der Waals surface area contributed by atoms with Gasteiger partial charge in [-0.15, -0.1) is 0 Å². The van der Waals surface area contributed by atoms with Crippen LogP contribution in [0.1, 0.15) is 19.8 Å². The van der Waals surface area contributed by atoms with Crippen LogP contribution in [0.4, 0.5) is 0 Å². The van der Waals surface area contributed by atoms with Crippen molar-refractivity contribution >= 4 is 0 Å². The van der Waals surface area contributed by atoms with Gasteiger partial charge in [0.2, 0.25) is 0 Å². The van der Waals surface area contributed by atoms with Crippen LogP contribution >= 0.6 is 0 Å². The molecule has 11 nitrogen and oxygen atoms in total. The van der Waals surface area contributed by atoms with Crippen LogP contribution in [0.5, 0.6) is 0 Å². The van der Waals surface area contributed by atoms with E-state index in [-0.39, 0.29) is 33.0 Å². The third kappa shape index (κ3) is 41.8. The molecule has 11 heteroatoms. The Morgan fingerprint density at radius 2 is 0.800 bits per heavy atom. The molecule has 0 amide bonds. The molecule has 0 fully saturated rings. The van der Waals surface area contributed by atoms with Crippen LogP contribution < -0.4 is 0 Å². The van der Waals surface area contributed by atoms with Gasteiger partial charge >= 0.3 is 0 Å². The monoisotopic (exact) mass is 448 g/mol. The second-order valence-corrected chi connectivity index (χ2v) is 5.61. The van der Waals surface area contributed by atoms with Gasteiger partial charge in [-0.05, 0) is 6.42 Å². The summed E-state index contributed by atoms with van der Waals surface area (Å²) in [5.41, 5.74) is 0. The highest BCUT2D eigenvalue weighted by Gasteiger charge is 1.94. The van der Waals surface area contributed by atoms with Crippen molar-refractivity contribution in [2.75, 3.05) is 99.1 Å². The molecule has 0 aromatic rings. The van der Waals surface area contributed by atoms with Gasteiger partial charge in [-0.3, -0.25) is 0 Å². The third-order valence-corrected chi connectivity index (χ3v) is 2.89. The van der Waals surface area contributed by atoms with E-state index in [1.807, 2.05) is 0 Å². The molecule has 0 rings (SSSR count). The lowest BCUT2D eigenvalue weighted by atomic mass is 10.4. The normalized spacial score (nSPS) is 10.4. The van der Waals surface area contributed by atoms with Gasteiger partial charge in [0.05, 0.1) is 92.5 Å². The molecule has 0 bridgehead atoms. The maximum atomic E-state index is 8.40. The molecule has 0 aliphatic heterocycles. The fraction of sp³-hybridized carbons (Fsp3) is 1.00. The van der Waals surface area contributed by atoms with Gasteiger partial charge in [0, 0.05) is 6.61 Å². The number of ether oxygens (including phenoxy) is 5. The summed E-state index contributed by atoms with van der Waals surface area (Å²) in [4.78, 5) is 0. The van der Waals surface area contributed by atoms with Crippen LogP contribution in [-0.4, -0.2) is 136 Å². The van der Waals surface area contributed by atoms with E-state index in [2.05, 4.69) is 6.92 Å². The Morgan fingerprint density at radius 1 is 0.500 bits per heavy atom. The first-order valence-electron chi connectivity index (χ1n) is 10.2. The zero-order valence-corrected chi connectivity index (χ0v) is 18.3. The van der Waals surface area contributed by atoms with Crippen molar-refractivity contribution in [1.29, 1.82) is 0 Å². The Labute approximate surface area is 180 Å². The van der Waals surface area contributed by atoms with Crippen LogP contribution in [0.2, 0.25) is 0 Å². The van der Waals surface area contributed by atoms with E-state index in [1.54, 1.807) is 0 Å². The summed E-state index contributed by atoms with van der Waals surface area (Å²) in [7, 11) is 0. The highest BCUT2D eigenvalue weighted by atomic mass is 16.5. The molecule has 0 saturated heterocycles. The number of rotatable bonds is 20. The predicted octanol–water partition coefficient (Wildman–Crippen LogP) is -1.84. The molecule has 0 aliphatic rings. The summed E-state index contributed by atoms with van der Waals surface area (Å²) in [6, 6.07) is 0. The highest BCUT2D eigenvalue weighted by molar-refractivity contribution is 4.44. The van der Waals surface area contributed by atoms with E-state index in [1.165, 1.54) is 0 Å². The fourth-order valence-electron chi connectivity index (χ4n) is 1.36. The standard InChI is InChI=1S/C10H22O4.C6H14O4.C3H8O3/c1-2-3-5-12-7-9-14-10-8-13-6-4-11;7-1-3-9-5-6-10-4-2-8;4-1-3(6)2-5/h11H,2-10H2,1H3;7-8H,1-6H2;3-6H,1-2H2. The van der Waals surface area contributed by atoms with E-state index in [4.69, 9.17) is 54.3 Å². The molecule has 0 aliphatic carbocycles. The van der Waals surface area contributed by atoms with Crippen molar-refractivity contribution in [3.8, 4) is 0 Å². The van der Waals surface area contributed by atoms with Crippen LogP contribution in [0.15, 0.2) is 0 Å². The molecular weight excluding hydrogens is 404 g/mol. The fourth-order valence-corrected chi connectivity index (χ4v) is 1.36. The minimum Gasteiger partial charge on any atom is -0.394 e. The van der Waals surface area contributed by atoms with E-state index in [0.29, 0.717) is 59.5 Å². The molecule has 0 unspecified atom stereocenters. The second-order valence-electron chi connectivity index (χ2n) is 5.61. The van der Waals surface area contributed by atoms with Crippen LogP contribution in [0.25, 0.3) is 0 Å². The van der Waals surface area contributed by atoms with Crippen LogP contribution in [0.3, 0.4) is 0 Å². The van der Waals surface area contributed by atoms with E-state index < -0.39 is 6.10 Å². The molecule has 0 aromatic carbocycles. The Balaban J connectivity index is -0.000000397. The third-order valence-electron chi connectivity index (χ3n) is 2.89. The highest BCUT2D eigenvalue weighted by Crippen LogP contribution is 1.87. The average molecular weight is 449 g/mol. The summed E-state index contributed by atoms with van der Waals surface area (Å²) in [6.45, 7) is 6.79. The topological polar surface area (TPSA) is 168 Å². The predicted molar refractivity (Wildman–Crippen MR) is 110 cm³/mol. The summed E-state index contributed by atoms with van der Waals surface area (Å²) in [5, 5.41) is 48.9. The van der Waals surface area contributed by atoms with Crippen molar-refractivity contribution in [2.24, 2.45) is 0 Å². The van der Waals surface area contributed by atoms with Crippen molar-refractivity contribution in [2.45, 2.75) is 25.9 Å². The van der Waals surface area contributed by atoms with E-state index in [9.17, 15) is 0 Å². The van der Waals surface area contributed by atoms with Gasteiger partial charge in [0.15, 0.2) is 0 Å². The average Bonchev–Trinajstić information content (AvgIpc) is 2.78. The van der Waals surface area contributed by atoms with Gasteiger partial charge in [0.25, 0.3) is 0 Å². The zero-order chi connectivity index (χ0) is 23.1. The maximum absolute atomic E-state index is 8.40. The van der Waals surface area contributed by atoms with Crippen molar-refractivity contribution in [3.63, 3.8) is 0 Å². The minimum atomic E-state index is -0.954. The molecule has 6 N–H and O–H groups in total. The maximum Gasteiger partial charge on any atom is 0.100 e. The molecule has 30 heavy (non-hydrogen) atoms. The smallest absolute Gasteiger partial charge is 0.100 e. The number of aliphatic hydroxyl groups is 6. The number of aliphatic hydroxyl groups excluding tert-OH is 6. The van der Waals surface area contributed by atoms with Gasteiger partial charge in [-0.2, -0.15) is 0 Å². The number of hydrogen-bond donors (Lipinski definition) is 6. The Hall–Kier alpha value is -0.440. The first-order valence-corrected chi connectivity index (χ1v) is 10.2. The molecule has 0 spiro atoms. The van der Waals surface area contributed by atoms with Gasteiger partial charge in [0.1, 0.15) is 6.10 Å². The molecule has 0 atom stereocenters. The Bertz CT molecular complexity index is 237. The SMILES string of the molecule is CCCCOCCOCCOCCO.OCC(O)CO.OCCOCCOCCO. The molecule has 0 saturated carbocycles. The number of hydrogen-bond acceptors (Lipinski definition) is 11. The first-order chi connectivity index (χ1) is 14.6. The van der Waals surface area contributed by atoms with Crippen molar-refractivity contribution in [3.05, 3.63) is 0 Å². The molecular formula is C19H44O11. The first kappa shape index (κ1) is 34.2. The lowest BCUT2D eigenvalue weighted by molar-refractivity contribution is 0.00735. The van der Waals surface area contributed by atoms with Crippen molar-refractivity contribution < 1.29 is 54.3 Å². The summed E-state index contributed by atoms with van der Waals surface area (Å²) < 4.78 is 25.3. The summed E-state index contributed by atoms with van der Waals surface area (Å²) in [5.74, 6) is 0.